The minimum atomic E-state index is 0.810. The number of rotatable bonds is 2. The van der Waals surface area contributed by atoms with E-state index >= 15 is 0 Å². The predicted octanol–water partition coefficient (Wildman–Crippen LogP) is 2.00. The van der Waals surface area contributed by atoms with Gasteiger partial charge in [0.1, 0.15) is 0 Å². The van der Waals surface area contributed by atoms with Crippen molar-refractivity contribution < 1.29 is 0 Å². The Hall–Kier alpha value is -0.0800. The van der Waals surface area contributed by atoms with Crippen LogP contribution in [-0.2, 0) is 0 Å². The highest BCUT2D eigenvalue weighted by Crippen LogP contribution is 2.36. The van der Waals surface area contributed by atoms with Crippen LogP contribution < -0.4 is 5.32 Å². The molecule has 2 heteroatoms. The third-order valence-corrected chi connectivity index (χ3v) is 4.73. The summed E-state index contributed by atoms with van der Waals surface area (Å²) in [6, 6.07) is 1.77. The van der Waals surface area contributed by atoms with Gasteiger partial charge in [-0.1, -0.05) is 6.42 Å². The lowest BCUT2D eigenvalue weighted by atomic mass is 9.91. The summed E-state index contributed by atoms with van der Waals surface area (Å²) in [6.45, 7) is 3.97. The molecule has 2 heterocycles. The van der Waals surface area contributed by atoms with Crippen molar-refractivity contribution in [3.8, 4) is 0 Å². The molecule has 0 amide bonds. The maximum Gasteiger partial charge on any atom is 0.0195 e. The molecule has 2 unspecified atom stereocenters. The molecule has 0 spiro atoms. The molecule has 2 aliphatic heterocycles. The Kier molecular flexibility index (Phi) is 2.98. The number of hydrogen-bond donors (Lipinski definition) is 1. The van der Waals surface area contributed by atoms with Crippen molar-refractivity contribution in [1.82, 2.24) is 10.2 Å². The average Bonchev–Trinajstić information content (AvgIpc) is 2.87. The van der Waals surface area contributed by atoms with Gasteiger partial charge in [-0.2, -0.15) is 0 Å². The van der Waals surface area contributed by atoms with E-state index in [4.69, 9.17) is 0 Å². The van der Waals surface area contributed by atoms with Crippen LogP contribution >= 0.6 is 0 Å². The Morgan fingerprint density at radius 3 is 2.80 bits per heavy atom. The van der Waals surface area contributed by atoms with Crippen LogP contribution in [0.4, 0.5) is 0 Å². The summed E-state index contributed by atoms with van der Waals surface area (Å²) in [5, 5.41) is 3.64. The molecule has 0 aromatic rings. The topological polar surface area (TPSA) is 15.3 Å². The van der Waals surface area contributed by atoms with E-state index < -0.39 is 0 Å². The molecule has 2 nitrogen and oxygen atoms in total. The molecule has 1 aliphatic carbocycles. The van der Waals surface area contributed by atoms with Gasteiger partial charge in [-0.3, -0.25) is 4.90 Å². The number of nitrogens with one attached hydrogen (secondary N) is 1. The van der Waals surface area contributed by atoms with E-state index in [9.17, 15) is 0 Å². The highest BCUT2D eigenvalue weighted by Gasteiger charge is 2.35. The lowest BCUT2D eigenvalue weighted by Crippen LogP contribution is -2.47. The van der Waals surface area contributed by atoms with E-state index in [1.807, 2.05) is 0 Å². The van der Waals surface area contributed by atoms with Crippen molar-refractivity contribution in [2.75, 3.05) is 19.6 Å². The molecule has 3 fully saturated rings. The summed E-state index contributed by atoms with van der Waals surface area (Å²) in [6.07, 6.45) is 10.3. The summed E-state index contributed by atoms with van der Waals surface area (Å²) in [5.41, 5.74) is 0. The van der Waals surface area contributed by atoms with E-state index in [0.717, 1.165) is 18.0 Å². The van der Waals surface area contributed by atoms with Gasteiger partial charge in [0.05, 0.1) is 0 Å². The highest BCUT2D eigenvalue weighted by molar-refractivity contribution is 4.91. The second kappa shape index (κ2) is 4.42. The van der Waals surface area contributed by atoms with Crippen LogP contribution in [0, 0.1) is 5.92 Å². The third kappa shape index (κ3) is 2.07. The van der Waals surface area contributed by atoms with E-state index in [2.05, 4.69) is 10.2 Å². The third-order valence-electron chi connectivity index (χ3n) is 4.73. The van der Waals surface area contributed by atoms with Crippen LogP contribution in [0.15, 0.2) is 0 Å². The minimum absolute atomic E-state index is 0.810. The number of fused-ring (bicyclic) bond motifs is 1. The molecule has 0 aromatic carbocycles. The normalized spacial score (nSPS) is 42.0. The minimum Gasteiger partial charge on any atom is -0.313 e. The smallest absolute Gasteiger partial charge is 0.0195 e. The molecule has 0 bridgehead atoms. The van der Waals surface area contributed by atoms with Gasteiger partial charge in [-0.15, -0.1) is 0 Å². The molecule has 3 rings (SSSR count). The van der Waals surface area contributed by atoms with Gasteiger partial charge in [0, 0.05) is 18.6 Å². The number of likely N-dealkylation sites (tertiary alicyclic amines) is 1. The first-order chi connectivity index (χ1) is 7.43. The van der Waals surface area contributed by atoms with Crippen LogP contribution in [0.5, 0.6) is 0 Å². The molecule has 1 saturated carbocycles. The predicted molar refractivity (Wildman–Crippen MR) is 63.0 cm³/mol. The molecular weight excluding hydrogens is 184 g/mol. The second-order valence-electron chi connectivity index (χ2n) is 5.69. The lowest BCUT2D eigenvalue weighted by Gasteiger charge is -2.39. The van der Waals surface area contributed by atoms with Crippen LogP contribution in [0.25, 0.3) is 0 Å². The molecule has 1 N–H and O–H groups in total. The van der Waals surface area contributed by atoms with Crippen LogP contribution in [0.1, 0.15) is 44.9 Å². The maximum absolute atomic E-state index is 3.64. The van der Waals surface area contributed by atoms with Gasteiger partial charge in [0.15, 0.2) is 0 Å². The van der Waals surface area contributed by atoms with Gasteiger partial charge < -0.3 is 5.32 Å². The van der Waals surface area contributed by atoms with Gasteiger partial charge in [0.2, 0.25) is 0 Å². The number of hydrogen-bond acceptors (Lipinski definition) is 2. The largest absolute Gasteiger partial charge is 0.313 e. The SMILES string of the molecule is C1CC2CCCN(C[C@H]3CCCN3)C2C1. The number of piperidine rings is 1. The second-order valence-corrected chi connectivity index (χ2v) is 5.69. The van der Waals surface area contributed by atoms with Crippen LogP contribution in [0.2, 0.25) is 0 Å². The Balaban J connectivity index is 1.59. The summed E-state index contributed by atoms with van der Waals surface area (Å²) in [4.78, 5) is 2.81. The Morgan fingerprint density at radius 1 is 1.00 bits per heavy atom. The van der Waals surface area contributed by atoms with Gasteiger partial charge >= 0.3 is 0 Å². The van der Waals surface area contributed by atoms with E-state index in [-0.39, 0.29) is 0 Å². The van der Waals surface area contributed by atoms with Crippen molar-refractivity contribution in [3.05, 3.63) is 0 Å². The first-order valence-electron chi connectivity index (χ1n) is 6.91. The molecule has 2 saturated heterocycles. The van der Waals surface area contributed by atoms with Crippen molar-refractivity contribution in [1.29, 1.82) is 0 Å². The fourth-order valence-corrected chi connectivity index (χ4v) is 3.98. The summed E-state index contributed by atoms with van der Waals surface area (Å²) in [5.74, 6) is 1.06. The molecule has 3 atom stereocenters. The van der Waals surface area contributed by atoms with E-state index in [1.165, 1.54) is 64.6 Å². The van der Waals surface area contributed by atoms with Crippen molar-refractivity contribution in [3.63, 3.8) is 0 Å². The van der Waals surface area contributed by atoms with E-state index in [1.54, 1.807) is 0 Å². The quantitative estimate of drug-likeness (QED) is 0.747. The fourth-order valence-electron chi connectivity index (χ4n) is 3.98. The summed E-state index contributed by atoms with van der Waals surface area (Å²) < 4.78 is 0. The van der Waals surface area contributed by atoms with Crippen LogP contribution in [-0.4, -0.2) is 36.6 Å². The molecule has 15 heavy (non-hydrogen) atoms. The Morgan fingerprint density at radius 2 is 1.93 bits per heavy atom. The molecule has 0 aromatic heterocycles. The van der Waals surface area contributed by atoms with Crippen molar-refractivity contribution >= 4 is 0 Å². The average molecular weight is 208 g/mol. The summed E-state index contributed by atoms with van der Waals surface area (Å²) >= 11 is 0. The number of nitrogens with zero attached hydrogens (tertiary/aromatic N) is 1. The van der Waals surface area contributed by atoms with E-state index in [0.29, 0.717) is 0 Å². The molecule has 0 radical (unpaired) electrons. The maximum atomic E-state index is 3.64. The molecule has 3 aliphatic rings. The standard InChI is InChI=1S/C13H24N2/c1-4-11-5-3-9-15(13(11)7-1)10-12-6-2-8-14-12/h11-14H,1-10H2/t11?,12-,13?/m1/s1. The monoisotopic (exact) mass is 208 g/mol. The van der Waals surface area contributed by atoms with Gasteiger partial charge in [0.25, 0.3) is 0 Å². The zero-order valence-corrected chi connectivity index (χ0v) is 9.75. The highest BCUT2D eigenvalue weighted by atomic mass is 15.2. The van der Waals surface area contributed by atoms with Gasteiger partial charge in [-0.25, -0.2) is 0 Å². The molecule has 86 valence electrons. The molecular formula is C13H24N2. The van der Waals surface area contributed by atoms with Crippen molar-refractivity contribution in [2.24, 2.45) is 5.92 Å². The summed E-state index contributed by atoms with van der Waals surface area (Å²) in [7, 11) is 0. The van der Waals surface area contributed by atoms with Gasteiger partial charge in [-0.05, 0) is 57.5 Å². The Bertz CT molecular complexity index is 211. The Labute approximate surface area is 93.4 Å². The van der Waals surface area contributed by atoms with Crippen molar-refractivity contribution in [2.45, 2.75) is 57.0 Å². The first kappa shape index (κ1) is 10.1. The first-order valence-corrected chi connectivity index (χ1v) is 6.91. The zero-order valence-electron chi connectivity index (χ0n) is 9.75. The zero-order chi connectivity index (χ0) is 10.1. The lowest BCUT2D eigenvalue weighted by molar-refractivity contribution is 0.104. The fraction of sp³-hybridized carbons (Fsp3) is 1.00. The van der Waals surface area contributed by atoms with Crippen LogP contribution in [0.3, 0.4) is 0 Å².